The summed E-state index contributed by atoms with van der Waals surface area (Å²) in [7, 11) is 1.90. The quantitative estimate of drug-likeness (QED) is 0.667. The lowest BCUT2D eigenvalue weighted by molar-refractivity contribution is 0.143. The van der Waals surface area contributed by atoms with Crippen LogP contribution in [-0.2, 0) is 0 Å². The van der Waals surface area contributed by atoms with E-state index >= 15 is 0 Å². The van der Waals surface area contributed by atoms with Crippen molar-refractivity contribution in [2.24, 2.45) is 0 Å². The molecule has 3 rings (SSSR count). The third-order valence-electron chi connectivity index (χ3n) is 4.77. The largest absolute Gasteiger partial charge is 0.388 e. The maximum absolute atomic E-state index is 11.2. The molecular formula is C20H23Cl2NOS. The Morgan fingerprint density at radius 2 is 2.00 bits per heavy atom. The van der Waals surface area contributed by atoms with Crippen molar-refractivity contribution in [3.63, 3.8) is 0 Å². The molecule has 0 saturated carbocycles. The molecule has 0 aliphatic carbocycles. The summed E-state index contributed by atoms with van der Waals surface area (Å²) in [5, 5.41) is 16.0. The fourth-order valence-corrected chi connectivity index (χ4v) is 5.14. The highest BCUT2D eigenvalue weighted by molar-refractivity contribution is 7.99. The van der Waals surface area contributed by atoms with Gasteiger partial charge in [-0.25, -0.2) is 0 Å². The normalized spacial score (nSPS) is 19.8. The molecule has 1 aliphatic heterocycles. The standard InChI is InChI=1S/C20H23Cl2NOS/c1-23-12-16(13-8-9-17(21)18(22)11-13)20(24)15-6-3-2-5-14(15)19-7-4-10-25-19/h2-3,5-6,8-9,11,16,19-20,23-24H,4,7,10,12H2,1H3/t16-,19?,20+/m1/s1. The number of rotatable bonds is 6. The van der Waals surface area contributed by atoms with Crippen molar-refractivity contribution in [3.8, 4) is 0 Å². The van der Waals surface area contributed by atoms with Gasteiger partial charge in [-0.15, -0.1) is 0 Å². The third-order valence-corrected chi connectivity index (χ3v) is 6.92. The molecule has 0 bridgehead atoms. The lowest BCUT2D eigenvalue weighted by atomic mass is 9.86. The molecule has 134 valence electrons. The average Bonchev–Trinajstić information content (AvgIpc) is 3.16. The van der Waals surface area contributed by atoms with Crippen molar-refractivity contribution in [2.75, 3.05) is 19.3 Å². The van der Waals surface area contributed by atoms with Crippen LogP contribution in [0.15, 0.2) is 42.5 Å². The van der Waals surface area contributed by atoms with E-state index < -0.39 is 6.10 Å². The Morgan fingerprint density at radius 1 is 1.20 bits per heavy atom. The van der Waals surface area contributed by atoms with Crippen molar-refractivity contribution in [3.05, 3.63) is 69.2 Å². The molecule has 1 saturated heterocycles. The molecule has 2 aromatic carbocycles. The summed E-state index contributed by atoms with van der Waals surface area (Å²) in [6.45, 7) is 0.658. The molecule has 1 unspecified atom stereocenters. The first-order chi connectivity index (χ1) is 12.1. The maximum atomic E-state index is 11.2. The SMILES string of the molecule is CNC[C@H](c1ccc(Cl)c(Cl)c1)[C@@H](O)c1ccccc1C1CCCS1. The zero-order valence-electron chi connectivity index (χ0n) is 14.2. The molecule has 2 aromatic rings. The van der Waals surface area contributed by atoms with Crippen molar-refractivity contribution < 1.29 is 5.11 Å². The summed E-state index contributed by atoms with van der Waals surface area (Å²) in [6, 6.07) is 13.9. The highest BCUT2D eigenvalue weighted by Gasteiger charge is 2.28. The molecule has 0 aromatic heterocycles. The van der Waals surface area contributed by atoms with Gasteiger partial charge in [-0.1, -0.05) is 53.5 Å². The van der Waals surface area contributed by atoms with Crippen LogP contribution in [0.4, 0.5) is 0 Å². The number of likely N-dealkylation sites (N-methyl/N-ethyl adjacent to an activating group) is 1. The molecule has 25 heavy (non-hydrogen) atoms. The Balaban J connectivity index is 1.95. The summed E-state index contributed by atoms with van der Waals surface area (Å²) in [4.78, 5) is 0. The van der Waals surface area contributed by atoms with Gasteiger partial charge in [0.1, 0.15) is 0 Å². The number of benzene rings is 2. The second kappa shape index (κ2) is 8.79. The third kappa shape index (κ3) is 4.35. The van der Waals surface area contributed by atoms with Crippen molar-refractivity contribution in [1.29, 1.82) is 0 Å². The van der Waals surface area contributed by atoms with Crippen molar-refractivity contribution >= 4 is 35.0 Å². The maximum Gasteiger partial charge on any atom is 0.0873 e. The van der Waals surface area contributed by atoms with Gasteiger partial charge < -0.3 is 10.4 Å². The Bertz CT molecular complexity index is 719. The predicted molar refractivity (Wildman–Crippen MR) is 109 cm³/mol. The lowest BCUT2D eigenvalue weighted by Gasteiger charge is -2.27. The van der Waals surface area contributed by atoms with Crippen LogP contribution in [0.3, 0.4) is 0 Å². The Morgan fingerprint density at radius 3 is 2.68 bits per heavy atom. The fraction of sp³-hybridized carbons (Fsp3) is 0.400. The van der Waals surface area contributed by atoms with E-state index in [9.17, 15) is 5.11 Å². The van der Waals surface area contributed by atoms with Crippen LogP contribution in [0.5, 0.6) is 0 Å². The van der Waals surface area contributed by atoms with Gasteiger partial charge in [0.15, 0.2) is 0 Å². The van der Waals surface area contributed by atoms with Gasteiger partial charge in [0, 0.05) is 17.7 Å². The second-order valence-electron chi connectivity index (χ2n) is 6.41. The highest BCUT2D eigenvalue weighted by atomic mass is 35.5. The molecule has 0 amide bonds. The Hall–Kier alpha value is -0.710. The van der Waals surface area contributed by atoms with E-state index in [1.54, 1.807) is 6.07 Å². The van der Waals surface area contributed by atoms with E-state index in [2.05, 4.69) is 23.5 Å². The van der Waals surface area contributed by atoms with Gasteiger partial charge >= 0.3 is 0 Å². The number of thioether (sulfide) groups is 1. The number of nitrogens with one attached hydrogen (secondary N) is 1. The van der Waals surface area contributed by atoms with Gasteiger partial charge in [-0.3, -0.25) is 0 Å². The molecule has 0 spiro atoms. The number of aliphatic hydroxyl groups excluding tert-OH is 1. The van der Waals surface area contributed by atoms with Crippen LogP contribution in [0.1, 0.15) is 46.8 Å². The minimum absolute atomic E-state index is 0.0904. The first-order valence-electron chi connectivity index (χ1n) is 8.60. The van der Waals surface area contributed by atoms with Gasteiger partial charge in [-0.2, -0.15) is 11.8 Å². The molecule has 1 aliphatic rings. The first kappa shape index (κ1) is 19.1. The summed E-state index contributed by atoms with van der Waals surface area (Å²) in [6.07, 6.45) is 1.83. The van der Waals surface area contributed by atoms with E-state index in [-0.39, 0.29) is 5.92 Å². The van der Waals surface area contributed by atoms with Crippen LogP contribution in [-0.4, -0.2) is 24.5 Å². The highest BCUT2D eigenvalue weighted by Crippen LogP contribution is 2.44. The van der Waals surface area contributed by atoms with E-state index in [0.29, 0.717) is 21.8 Å². The minimum Gasteiger partial charge on any atom is -0.388 e. The summed E-state index contributed by atoms with van der Waals surface area (Å²) in [5.41, 5.74) is 3.28. The first-order valence-corrected chi connectivity index (χ1v) is 10.4. The zero-order valence-corrected chi connectivity index (χ0v) is 16.5. The van der Waals surface area contributed by atoms with Crippen molar-refractivity contribution in [1.82, 2.24) is 5.32 Å². The van der Waals surface area contributed by atoms with E-state index in [0.717, 1.165) is 11.1 Å². The number of halogens is 2. The van der Waals surface area contributed by atoms with Crippen LogP contribution in [0, 0.1) is 0 Å². The van der Waals surface area contributed by atoms with Crippen LogP contribution >= 0.6 is 35.0 Å². The van der Waals surface area contributed by atoms with Crippen LogP contribution in [0.2, 0.25) is 10.0 Å². The fourth-order valence-electron chi connectivity index (χ4n) is 3.49. The molecular weight excluding hydrogens is 373 g/mol. The molecule has 0 radical (unpaired) electrons. The van der Waals surface area contributed by atoms with E-state index in [4.69, 9.17) is 23.2 Å². The van der Waals surface area contributed by atoms with Crippen LogP contribution in [0.25, 0.3) is 0 Å². The lowest BCUT2D eigenvalue weighted by Crippen LogP contribution is -2.24. The molecule has 1 heterocycles. The number of hydrogen-bond donors (Lipinski definition) is 2. The second-order valence-corrected chi connectivity index (χ2v) is 8.54. The van der Waals surface area contributed by atoms with Gasteiger partial charge in [-0.05, 0) is 54.5 Å². The number of hydrogen-bond acceptors (Lipinski definition) is 3. The summed E-state index contributed by atoms with van der Waals surface area (Å²) >= 11 is 14.3. The number of aliphatic hydroxyl groups is 1. The topological polar surface area (TPSA) is 32.3 Å². The summed E-state index contributed by atoms with van der Waals surface area (Å²) in [5.74, 6) is 1.11. The monoisotopic (exact) mass is 395 g/mol. The minimum atomic E-state index is -0.595. The van der Waals surface area contributed by atoms with Gasteiger partial charge in [0.2, 0.25) is 0 Å². The van der Waals surface area contributed by atoms with E-state index in [1.807, 2.05) is 37.0 Å². The van der Waals surface area contributed by atoms with Crippen LogP contribution < -0.4 is 5.32 Å². The van der Waals surface area contributed by atoms with E-state index in [1.165, 1.54) is 24.2 Å². The van der Waals surface area contributed by atoms with Gasteiger partial charge in [0.05, 0.1) is 16.1 Å². The molecule has 1 fully saturated rings. The molecule has 2 N–H and O–H groups in total. The molecule has 3 atom stereocenters. The smallest absolute Gasteiger partial charge is 0.0873 e. The summed E-state index contributed by atoms with van der Waals surface area (Å²) < 4.78 is 0. The average molecular weight is 396 g/mol. The zero-order chi connectivity index (χ0) is 17.8. The predicted octanol–water partition coefficient (Wildman–Crippen LogP) is 5.60. The van der Waals surface area contributed by atoms with Crippen molar-refractivity contribution in [2.45, 2.75) is 30.1 Å². The Kier molecular flexibility index (Phi) is 6.70. The Labute approximate surface area is 163 Å². The molecule has 2 nitrogen and oxygen atoms in total. The van der Waals surface area contributed by atoms with Gasteiger partial charge in [0.25, 0.3) is 0 Å². The molecule has 5 heteroatoms.